The number of carbonyl (C=O) groups is 2. The maximum Gasteiger partial charge on any atom is 0.238 e. The van der Waals surface area contributed by atoms with E-state index >= 15 is 0 Å². The Morgan fingerprint density at radius 1 is 1.30 bits per heavy atom. The van der Waals surface area contributed by atoms with Crippen LogP contribution in [0.15, 0.2) is 42.5 Å². The average molecular weight is 386 g/mol. The minimum atomic E-state index is -0.328. The molecule has 3 rings (SSSR count). The van der Waals surface area contributed by atoms with Crippen LogP contribution in [0.4, 0.5) is 15.8 Å². The summed E-state index contributed by atoms with van der Waals surface area (Å²) in [4.78, 5) is 26.1. The Kier molecular flexibility index (Phi) is 5.85. The molecule has 1 heterocycles. The van der Waals surface area contributed by atoms with Gasteiger partial charge in [-0.1, -0.05) is 32.0 Å². The monoisotopic (exact) mass is 386 g/mol. The number of carbonyl (C=O) groups excluding carboxylic acids is 2. The van der Waals surface area contributed by atoms with E-state index in [2.05, 4.69) is 5.32 Å². The number of nitrogens with zero attached hydrogens (tertiary/aromatic N) is 1. The Morgan fingerprint density at radius 2 is 2.07 bits per heavy atom. The minimum Gasteiger partial charge on any atom is -0.326 e. The lowest BCUT2D eigenvalue weighted by molar-refractivity contribution is -0.117. The van der Waals surface area contributed by atoms with Gasteiger partial charge in [0, 0.05) is 17.8 Å². The Balaban J connectivity index is 1.86. The summed E-state index contributed by atoms with van der Waals surface area (Å²) < 4.78 is 14.0. The van der Waals surface area contributed by atoms with E-state index in [0.29, 0.717) is 29.1 Å². The summed E-state index contributed by atoms with van der Waals surface area (Å²) in [5.74, 6) is 0.204. The number of hydrogen-bond donors (Lipinski definition) is 1. The Morgan fingerprint density at radius 3 is 2.78 bits per heavy atom. The second-order valence-electron chi connectivity index (χ2n) is 7.13. The second kappa shape index (κ2) is 8.13. The highest BCUT2D eigenvalue weighted by atomic mass is 32.2. The van der Waals surface area contributed by atoms with E-state index in [9.17, 15) is 14.0 Å². The van der Waals surface area contributed by atoms with Crippen molar-refractivity contribution < 1.29 is 14.0 Å². The third kappa shape index (κ3) is 4.50. The van der Waals surface area contributed by atoms with Crippen molar-refractivity contribution in [2.45, 2.75) is 32.6 Å². The highest BCUT2D eigenvalue weighted by molar-refractivity contribution is 8.00. The first-order valence-corrected chi connectivity index (χ1v) is 9.99. The smallest absolute Gasteiger partial charge is 0.238 e. The van der Waals surface area contributed by atoms with Crippen molar-refractivity contribution in [2.24, 2.45) is 5.92 Å². The fourth-order valence-electron chi connectivity index (χ4n) is 3.03. The van der Waals surface area contributed by atoms with Crippen molar-refractivity contribution in [3.8, 4) is 0 Å². The van der Waals surface area contributed by atoms with Gasteiger partial charge in [0.2, 0.25) is 11.8 Å². The molecule has 6 heteroatoms. The number of hydrogen-bond acceptors (Lipinski definition) is 3. The molecule has 1 aliphatic heterocycles. The molecule has 0 spiro atoms. The maximum atomic E-state index is 14.0. The van der Waals surface area contributed by atoms with E-state index in [4.69, 9.17) is 0 Å². The quantitative estimate of drug-likeness (QED) is 0.795. The van der Waals surface area contributed by atoms with E-state index in [0.717, 1.165) is 5.56 Å². The fraction of sp³-hybridized carbons (Fsp3) is 0.333. The van der Waals surface area contributed by atoms with Crippen molar-refractivity contribution in [1.82, 2.24) is 0 Å². The lowest BCUT2D eigenvalue weighted by Crippen LogP contribution is -2.28. The van der Waals surface area contributed by atoms with E-state index < -0.39 is 0 Å². The van der Waals surface area contributed by atoms with Crippen LogP contribution in [0.1, 0.15) is 36.8 Å². The van der Waals surface area contributed by atoms with Gasteiger partial charge in [-0.3, -0.25) is 14.5 Å². The molecule has 0 radical (unpaired) electrons. The Hall–Kier alpha value is -2.34. The Labute approximate surface area is 163 Å². The van der Waals surface area contributed by atoms with Gasteiger partial charge in [-0.2, -0.15) is 0 Å². The molecule has 0 saturated carbocycles. The highest BCUT2D eigenvalue weighted by Crippen LogP contribution is 2.42. The van der Waals surface area contributed by atoms with Gasteiger partial charge in [0.05, 0.1) is 5.75 Å². The molecular weight excluding hydrogens is 363 g/mol. The van der Waals surface area contributed by atoms with Crippen molar-refractivity contribution >= 4 is 35.0 Å². The predicted octanol–water partition coefficient (Wildman–Crippen LogP) is 4.90. The molecule has 4 nitrogen and oxygen atoms in total. The first-order valence-electron chi connectivity index (χ1n) is 8.95. The van der Waals surface area contributed by atoms with E-state index in [-0.39, 0.29) is 28.9 Å². The normalized spacial score (nSPS) is 16.9. The van der Waals surface area contributed by atoms with Crippen LogP contribution < -0.4 is 10.2 Å². The number of anilines is 2. The molecule has 2 amide bonds. The highest BCUT2D eigenvalue weighted by Gasteiger charge is 2.34. The molecule has 2 aromatic carbocycles. The lowest BCUT2D eigenvalue weighted by atomic mass is 10.1. The molecule has 142 valence electrons. The van der Waals surface area contributed by atoms with Crippen LogP contribution in [0.3, 0.4) is 0 Å². The summed E-state index contributed by atoms with van der Waals surface area (Å²) in [5.41, 5.74) is 2.69. The third-order valence-corrected chi connectivity index (χ3v) is 5.56. The number of benzene rings is 2. The molecule has 27 heavy (non-hydrogen) atoms. The molecule has 1 aliphatic rings. The molecule has 1 fully saturated rings. The second-order valence-corrected chi connectivity index (χ2v) is 8.20. The van der Waals surface area contributed by atoms with E-state index in [1.807, 2.05) is 38.1 Å². The molecule has 2 aromatic rings. The molecule has 1 atom stereocenters. The molecule has 0 aliphatic carbocycles. The summed E-state index contributed by atoms with van der Waals surface area (Å²) in [6.07, 6.45) is 0.454. The summed E-state index contributed by atoms with van der Waals surface area (Å²) in [6, 6.07) is 12.3. The SMILES string of the molecule is Cc1ccc(N2C(=O)CS[C@@H]2c2cccc(NC(=O)CC(C)C)c2)cc1F. The minimum absolute atomic E-state index is 0.0326. The van der Waals surface area contributed by atoms with Gasteiger partial charge in [0.25, 0.3) is 0 Å². The molecule has 0 bridgehead atoms. The Bertz CT molecular complexity index is 869. The van der Waals surface area contributed by atoms with Crippen molar-refractivity contribution in [1.29, 1.82) is 0 Å². The predicted molar refractivity (Wildman–Crippen MR) is 108 cm³/mol. The largest absolute Gasteiger partial charge is 0.326 e. The summed E-state index contributed by atoms with van der Waals surface area (Å²) in [5, 5.41) is 2.66. The summed E-state index contributed by atoms with van der Waals surface area (Å²) >= 11 is 1.50. The lowest BCUT2D eigenvalue weighted by Gasteiger charge is -2.25. The standard InChI is InChI=1S/C21H23FN2O2S/c1-13(2)9-19(25)23-16-6-4-5-15(10-16)21-24(20(26)12-27-21)17-8-7-14(3)18(22)11-17/h4-8,10-11,13,21H,9,12H2,1-3H3,(H,23,25)/t21-/m1/s1. The zero-order valence-corrected chi connectivity index (χ0v) is 16.5. The van der Waals surface area contributed by atoms with Gasteiger partial charge in [-0.05, 0) is 48.2 Å². The molecule has 0 aromatic heterocycles. The number of thioether (sulfide) groups is 1. The van der Waals surface area contributed by atoms with Crippen LogP contribution in [0.5, 0.6) is 0 Å². The summed E-state index contributed by atoms with van der Waals surface area (Å²) in [7, 11) is 0. The van der Waals surface area contributed by atoms with Gasteiger partial charge in [-0.25, -0.2) is 4.39 Å². The fourth-order valence-corrected chi connectivity index (χ4v) is 4.20. The van der Waals surface area contributed by atoms with Crippen LogP contribution in [0, 0.1) is 18.7 Å². The van der Waals surface area contributed by atoms with Crippen molar-refractivity contribution in [3.63, 3.8) is 0 Å². The molecule has 1 N–H and O–H groups in total. The van der Waals surface area contributed by atoms with E-state index in [1.165, 1.54) is 17.8 Å². The third-order valence-electron chi connectivity index (χ3n) is 4.35. The van der Waals surface area contributed by atoms with Crippen LogP contribution in [0.2, 0.25) is 0 Å². The first kappa shape index (κ1) is 19.4. The van der Waals surface area contributed by atoms with Crippen LogP contribution in [0.25, 0.3) is 0 Å². The van der Waals surface area contributed by atoms with Gasteiger partial charge < -0.3 is 5.32 Å². The van der Waals surface area contributed by atoms with Crippen LogP contribution in [-0.2, 0) is 9.59 Å². The zero-order chi connectivity index (χ0) is 19.6. The summed E-state index contributed by atoms with van der Waals surface area (Å²) in [6.45, 7) is 5.69. The number of aryl methyl sites for hydroxylation is 1. The molecule has 0 unspecified atom stereocenters. The topological polar surface area (TPSA) is 49.4 Å². The average Bonchev–Trinajstić information content (AvgIpc) is 2.98. The van der Waals surface area contributed by atoms with Crippen molar-refractivity contribution in [2.75, 3.05) is 16.0 Å². The maximum absolute atomic E-state index is 14.0. The van der Waals surface area contributed by atoms with E-state index in [1.54, 1.807) is 24.0 Å². The van der Waals surface area contributed by atoms with Crippen LogP contribution in [-0.4, -0.2) is 17.6 Å². The van der Waals surface area contributed by atoms with Crippen molar-refractivity contribution in [3.05, 3.63) is 59.4 Å². The molecular formula is C21H23FN2O2S. The number of nitrogens with one attached hydrogen (secondary N) is 1. The number of rotatable bonds is 5. The van der Waals surface area contributed by atoms with Gasteiger partial charge in [0.1, 0.15) is 11.2 Å². The first-order chi connectivity index (χ1) is 12.8. The van der Waals surface area contributed by atoms with Gasteiger partial charge >= 0.3 is 0 Å². The van der Waals surface area contributed by atoms with Crippen LogP contribution >= 0.6 is 11.8 Å². The number of amides is 2. The van der Waals surface area contributed by atoms with Gasteiger partial charge in [-0.15, -0.1) is 11.8 Å². The van der Waals surface area contributed by atoms with Gasteiger partial charge in [0.15, 0.2) is 0 Å². The number of halogens is 1. The molecule has 1 saturated heterocycles. The zero-order valence-electron chi connectivity index (χ0n) is 15.7.